The Morgan fingerprint density at radius 3 is 2.46 bits per heavy atom. The van der Waals surface area contributed by atoms with Gasteiger partial charge in [0.05, 0.1) is 5.41 Å². The molecule has 0 N–H and O–H groups in total. The summed E-state index contributed by atoms with van der Waals surface area (Å²) in [7, 11) is 0. The zero-order chi connectivity index (χ0) is 19.9. The number of rotatable bonds is 3. The van der Waals surface area contributed by atoms with Gasteiger partial charge < -0.3 is 0 Å². The maximum absolute atomic E-state index is 4.19. The third-order valence-electron chi connectivity index (χ3n) is 6.11. The van der Waals surface area contributed by atoms with Crippen molar-refractivity contribution < 1.29 is 0 Å². The summed E-state index contributed by atoms with van der Waals surface area (Å²) >= 11 is 0. The Morgan fingerprint density at radius 2 is 1.79 bits per heavy atom. The van der Waals surface area contributed by atoms with Crippen LogP contribution in [0.5, 0.6) is 0 Å². The Labute approximate surface area is 169 Å². The van der Waals surface area contributed by atoms with E-state index < -0.39 is 0 Å². The fraction of sp³-hybridized carbons (Fsp3) is 0.214. The molecule has 0 saturated heterocycles. The SMILES string of the molecule is C=CC1=C(/C=C\C)C2(C(=C/C)/C(=C\CC)c3ccccc32)c2cc(C)ccc21. The highest BCUT2D eigenvalue weighted by atomic mass is 14.5. The first kappa shape index (κ1) is 18.5. The van der Waals surface area contributed by atoms with E-state index in [4.69, 9.17) is 0 Å². The van der Waals surface area contributed by atoms with E-state index in [1.54, 1.807) is 0 Å². The second-order valence-corrected chi connectivity index (χ2v) is 7.60. The molecule has 0 aliphatic heterocycles. The van der Waals surface area contributed by atoms with Gasteiger partial charge in [-0.1, -0.05) is 91.9 Å². The van der Waals surface area contributed by atoms with Crippen LogP contribution in [-0.2, 0) is 5.41 Å². The largest absolute Gasteiger partial charge is 0.0984 e. The maximum Gasteiger partial charge on any atom is 0.0722 e. The first-order valence-corrected chi connectivity index (χ1v) is 10.2. The van der Waals surface area contributed by atoms with Crippen molar-refractivity contribution in [1.82, 2.24) is 0 Å². The minimum Gasteiger partial charge on any atom is -0.0984 e. The Kier molecular flexibility index (Phi) is 4.59. The van der Waals surface area contributed by atoms with Gasteiger partial charge in [0.1, 0.15) is 0 Å². The van der Waals surface area contributed by atoms with Crippen LogP contribution in [0.15, 0.2) is 90.6 Å². The molecule has 28 heavy (non-hydrogen) atoms. The number of aryl methyl sites for hydroxylation is 1. The number of allylic oxidation sites excluding steroid dienone is 9. The first-order chi connectivity index (χ1) is 13.6. The average molecular weight is 365 g/mol. The molecule has 2 aliphatic rings. The van der Waals surface area contributed by atoms with E-state index in [1.165, 1.54) is 50.1 Å². The van der Waals surface area contributed by atoms with Gasteiger partial charge in [0.15, 0.2) is 0 Å². The van der Waals surface area contributed by atoms with Crippen molar-refractivity contribution in [3.8, 4) is 0 Å². The lowest BCUT2D eigenvalue weighted by atomic mass is 9.69. The van der Waals surface area contributed by atoms with Gasteiger partial charge in [-0.25, -0.2) is 0 Å². The van der Waals surface area contributed by atoms with Crippen LogP contribution >= 0.6 is 0 Å². The molecule has 2 aromatic carbocycles. The molecule has 0 radical (unpaired) electrons. The number of hydrogen-bond acceptors (Lipinski definition) is 0. The van der Waals surface area contributed by atoms with Crippen LogP contribution < -0.4 is 0 Å². The quantitative estimate of drug-likeness (QED) is 0.527. The molecule has 0 nitrogen and oxygen atoms in total. The molecule has 0 heteroatoms. The molecule has 0 heterocycles. The minimum atomic E-state index is -0.260. The Balaban J connectivity index is 2.24. The van der Waals surface area contributed by atoms with Crippen LogP contribution in [0, 0.1) is 6.92 Å². The van der Waals surface area contributed by atoms with Gasteiger partial charge >= 0.3 is 0 Å². The van der Waals surface area contributed by atoms with E-state index in [0.29, 0.717) is 0 Å². The van der Waals surface area contributed by atoms with Gasteiger partial charge in [-0.3, -0.25) is 0 Å². The fourth-order valence-electron chi connectivity index (χ4n) is 5.21. The van der Waals surface area contributed by atoms with Gasteiger partial charge in [-0.2, -0.15) is 0 Å². The van der Waals surface area contributed by atoms with Crippen LogP contribution in [0.25, 0.3) is 11.1 Å². The van der Waals surface area contributed by atoms with Gasteiger partial charge in [0.2, 0.25) is 0 Å². The molecule has 1 unspecified atom stereocenters. The lowest BCUT2D eigenvalue weighted by molar-refractivity contribution is 0.783. The van der Waals surface area contributed by atoms with Gasteiger partial charge in [0.25, 0.3) is 0 Å². The highest BCUT2D eigenvalue weighted by Gasteiger charge is 2.53. The van der Waals surface area contributed by atoms with Crippen LogP contribution in [0.3, 0.4) is 0 Å². The Bertz CT molecular complexity index is 1080. The highest BCUT2D eigenvalue weighted by Crippen LogP contribution is 2.63. The standard InChI is InChI=1S/C28H28/c1-6-12-21-22-14-10-11-15-26(22)28(24(21)9-4)25(13-7-2)20(8-3)23-17-16-19(5)18-27(23)28/h7-18H,3,6H2,1-2,4-5H3/b13-7-,21-12-,24-9+. The van der Waals surface area contributed by atoms with Crippen molar-refractivity contribution in [2.24, 2.45) is 0 Å². The zero-order valence-electron chi connectivity index (χ0n) is 17.3. The summed E-state index contributed by atoms with van der Waals surface area (Å²) in [5, 5.41) is 0. The predicted molar refractivity (Wildman–Crippen MR) is 122 cm³/mol. The van der Waals surface area contributed by atoms with Crippen LogP contribution in [0.4, 0.5) is 0 Å². The monoisotopic (exact) mass is 364 g/mol. The summed E-state index contributed by atoms with van der Waals surface area (Å²) < 4.78 is 0. The van der Waals surface area contributed by atoms with Gasteiger partial charge in [-0.15, -0.1) is 0 Å². The normalized spacial score (nSPS) is 23.3. The number of fused-ring (bicyclic) bond motifs is 4. The third-order valence-corrected chi connectivity index (χ3v) is 6.11. The molecule has 0 amide bonds. The van der Waals surface area contributed by atoms with Crippen molar-refractivity contribution in [2.75, 3.05) is 0 Å². The van der Waals surface area contributed by atoms with Gasteiger partial charge in [0, 0.05) is 0 Å². The number of hydrogen-bond donors (Lipinski definition) is 0. The molecule has 140 valence electrons. The van der Waals surface area contributed by atoms with E-state index in [1.807, 2.05) is 6.08 Å². The van der Waals surface area contributed by atoms with E-state index in [9.17, 15) is 0 Å². The van der Waals surface area contributed by atoms with Gasteiger partial charge in [-0.05, 0) is 71.7 Å². The van der Waals surface area contributed by atoms with E-state index >= 15 is 0 Å². The molecule has 0 saturated carbocycles. The van der Waals surface area contributed by atoms with E-state index in [-0.39, 0.29) is 5.41 Å². The first-order valence-electron chi connectivity index (χ1n) is 10.2. The van der Waals surface area contributed by atoms with Crippen LogP contribution in [0.2, 0.25) is 0 Å². The van der Waals surface area contributed by atoms with E-state index in [0.717, 1.165) is 6.42 Å². The van der Waals surface area contributed by atoms with Crippen molar-refractivity contribution in [2.45, 2.75) is 39.5 Å². The summed E-state index contributed by atoms with van der Waals surface area (Å²) in [5.41, 5.74) is 11.8. The molecule has 4 rings (SSSR count). The second-order valence-electron chi connectivity index (χ2n) is 7.60. The Morgan fingerprint density at radius 1 is 1.00 bits per heavy atom. The van der Waals surface area contributed by atoms with Crippen molar-refractivity contribution in [1.29, 1.82) is 0 Å². The smallest absolute Gasteiger partial charge is 0.0722 e. The Hall–Kier alpha value is -2.86. The number of benzene rings is 2. The lowest BCUT2D eigenvalue weighted by Gasteiger charge is -2.32. The molecular weight excluding hydrogens is 336 g/mol. The molecule has 2 aliphatic carbocycles. The molecular formula is C28H28. The molecule has 0 aromatic heterocycles. The molecule has 0 bridgehead atoms. The fourth-order valence-corrected chi connectivity index (χ4v) is 5.21. The summed E-state index contributed by atoms with van der Waals surface area (Å²) in [6, 6.07) is 15.8. The van der Waals surface area contributed by atoms with E-state index in [2.05, 4.69) is 101 Å². The lowest BCUT2D eigenvalue weighted by Crippen LogP contribution is -2.27. The van der Waals surface area contributed by atoms with Crippen molar-refractivity contribution in [3.63, 3.8) is 0 Å². The molecule has 1 atom stereocenters. The van der Waals surface area contributed by atoms with Crippen LogP contribution in [0.1, 0.15) is 55.0 Å². The molecule has 1 spiro atoms. The summed E-state index contributed by atoms with van der Waals surface area (Å²) in [5.74, 6) is 0. The van der Waals surface area contributed by atoms with Crippen molar-refractivity contribution >= 4 is 11.1 Å². The zero-order valence-corrected chi connectivity index (χ0v) is 17.3. The second kappa shape index (κ2) is 6.95. The summed E-state index contributed by atoms with van der Waals surface area (Å²) in [4.78, 5) is 0. The minimum absolute atomic E-state index is 0.260. The molecule has 0 fully saturated rings. The summed E-state index contributed by atoms with van der Waals surface area (Å²) in [6.45, 7) is 12.9. The third kappa shape index (κ3) is 2.24. The van der Waals surface area contributed by atoms with Crippen LogP contribution in [-0.4, -0.2) is 0 Å². The summed E-state index contributed by atoms with van der Waals surface area (Å²) in [6.07, 6.45) is 12.2. The van der Waals surface area contributed by atoms with Crippen molar-refractivity contribution in [3.05, 3.63) is 118 Å². The average Bonchev–Trinajstić information content (AvgIpc) is 3.14. The topological polar surface area (TPSA) is 0 Å². The molecule has 2 aromatic rings. The highest BCUT2D eigenvalue weighted by molar-refractivity contribution is 6.01. The maximum atomic E-state index is 4.19. The predicted octanol–water partition coefficient (Wildman–Crippen LogP) is 7.56.